The molecule has 0 spiro atoms. The van der Waals surface area contributed by atoms with Gasteiger partial charge in [0.1, 0.15) is 23.0 Å². The number of rotatable bonds is 9. The van der Waals surface area contributed by atoms with Crippen LogP contribution >= 0.6 is 0 Å². The molecule has 12 aromatic rings. The van der Waals surface area contributed by atoms with E-state index < -0.39 is 5.41 Å². The van der Waals surface area contributed by atoms with E-state index in [4.69, 9.17) is 39.4 Å². The van der Waals surface area contributed by atoms with E-state index in [9.17, 15) is 0 Å². The fraction of sp³-hybridized carbons (Fsp3) is 0.233. The molecular formula is C86H76N6O2. The number of fused-ring (bicyclic) bond motifs is 6. The van der Waals surface area contributed by atoms with Crippen LogP contribution in [-0.2, 0) is 32.5 Å². The summed E-state index contributed by atoms with van der Waals surface area (Å²) in [6.07, 6.45) is 2.14. The molecule has 16 rings (SSSR count). The van der Waals surface area contributed by atoms with Crippen molar-refractivity contribution in [1.29, 1.82) is 0 Å². The summed E-state index contributed by atoms with van der Waals surface area (Å²) in [5.41, 5.74) is 21.3. The van der Waals surface area contributed by atoms with Crippen LogP contribution < -0.4 is 9.47 Å². The van der Waals surface area contributed by atoms with E-state index in [1.807, 2.05) is 12.1 Å². The number of benzene rings is 10. The number of ether oxygens (including phenoxy) is 2. The summed E-state index contributed by atoms with van der Waals surface area (Å²) in [7, 11) is 0. The minimum atomic E-state index is -0.477. The zero-order chi connectivity index (χ0) is 64.8. The molecule has 4 heterocycles. The van der Waals surface area contributed by atoms with E-state index in [1.54, 1.807) is 0 Å². The summed E-state index contributed by atoms with van der Waals surface area (Å²) < 4.78 is 13.9. The number of hydrogen-bond donors (Lipinski definition) is 0. The van der Waals surface area contributed by atoms with Gasteiger partial charge in [-0.15, -0.1) is 0 Å². The summed E-state index contributed by atoms with van der Waals surface area (Å²) in [5.74, 6) is 6.92. The van der Waals surface area contributed by atoms with Crippen molar-refractivity contribution in [2.75, 3.05) is 0 Å². The second-order valence-electron chi connectivity index (χ2n) is 30.2. The van der Waals surface area contributed by atoms with Gasteiger partial charge in [0.15, 0.2) is 34.9 Å². The second-order valence-corrected chi connectivity index (χ2v) is 30.2. The van der Waals surface area contributed by atoms with E-state index >= 15 is 0 Å². The molecule has 2 aromatic heterocycles. The van der Waals surface area contributed by atoms with Crippen molar-refractivity contribution in [3.05, 3.63) is 263 Å². The van der Waals surface area contributed by atoms with Gasteiger partial charge < -0.3 is 9.47 Å². The van der Waals surface area contributed by atoms with Gasteiger partial charge in [-0.1, -0.05) is 241 Å². The third kappa shape index (κ3) is 9.94. The monoisotopic (exact) mass is 1220 g/mol. The highest BCUT2D eigenvalue weighted by atomic mass is 16.5. The smallest absolute Gasteiger partial charge is 0.164 e. The third-order valence-corrected chi connectivity index (χ3v) is 20.9. The van der Waals surface area contributed by atoms with Crippen LogP contribution in [0.15, 0.2) is 218 Å². The molecule has 0 N–H and O–H groups in total. The van der Waals surface area contributed by atoms with Crippen molar-refractivity contribution in [3.63, 3.8) is 0 Å². The molecule has 0 unspecified atom stereocenters. The average molecular weight is 1230 g/mol. The molecule has 0 radical (unpaired) electrons. The van der Waals surface area contributed by atoms with Gasteiger partial charge in [0, 0.05) is 66.5 Å². The maximum Gasteiger partial charge on any atom is 0.164 e. The average Bonchev–Trinajstić information content (AvgIpc) is 0.762. The van der Waals surface area contributed by atoms with Crippen LogP contribution in [0.4, 0.5) is 0 Å². The summed E-state index contributed by atoms with van der Waals surface area (Å²) >= 11 is 0. The second kappa shape index (κ2) is 21.2. The predicted molar refractivity (Wildman–Crippen MR) is 381 cm³/mol. The summed E-state index contributed by atoms with van der Waals surface area (Å²) in [6.45, 7) is 27.9. The Morgan fingerprint density at radius 1 is 0.213 bits per heavy atom. The summed E-state index contributed by atoms with van der Waals surface area (Å²) in [4.78, 5) is 31.7. The van der Waals surface area contributed by atoms with E-state index in [1.165, 1.54) is 22.3 Å². The number of nitrogens with zero attached hydrogens (tertiary/aromatic N) is 6. The number of aromatic nitrogens is 6. The third-order valence-electron chi connectivity index (χ3n) is 20.9. The summed E-state index contributed by atoms with van der Waals surface area (Å²) in [6, 6.07) is 77.6. The maximum atomic E-state index is 7.10. The first-order chi connectivity index (χ1) is 45.0. The van der Waals surface area contributed by atoms with E-state index in [2.05, 4.69) is 289 Å². The van der Waals surface area contributed by atoms with Crippen molar-refractivity contribution in [2.45, 2.75) is 128 Å². The van der Waals surface area contributed by atoms with E-state index in [0.717, 1.165) is 125 Å². The zero-order valence-electron chi connectivity index (χ0n) is 55.7. The van der Waals surface area contributed by atoms with Crippen LogP contribution in [0.1, 0.15) is 140 Å². The summed E-state index contributed by atoms with van der Waals surface area (Å²) in [5, 5.41) is 0. The van der Waals surface area contributed by atoms with Gasteiger partial charge in [0.25, 0.3) is 0 Å². The molecule has 0 saturated heterocycles. The van der Waals surface area contributed by atoms with Gasteiger partial charge in [0.2, 0.25) is 0 Å². The van der Waals surface area contributed by atoms with Crippen molar-refractivity contribution in [2.24, 2.45) is 0 Å². The van der Waals surface area contributed by atoms with Crippen LogP contribution in [-0.4, -0.2) is 29.9 Å². The molecule has 462 valence electrons. The Kier molecular flexibility index (Phi) is 13.3. The van der Waals surface area contributed by atoms with Crippen molar-refractivity contribution in [3.8, 4) is 125 Å². The van der Waals surface area contributed by atoms with E-state index in [-0.39, 0.29) is 27.1 Å². The number of hydrogen-bond acceptors (Lipinski definition) is 8. The highest BCUT2D eigenvalue weighted by Gasteiger charge is 2.44. The zero-order valence-corrected chi connectivity index (χ0v) is 55.7. The van der Waals surface area contributed by atoms with Crippen LogP contribution in [0, 0.1) is 0 Å². The standard InChI is InChI=1S/C86H76N6O2/c1-81(2)49-83(5,6)67-44-59(31-36-63(67)81)77-87-75(54-28-26-53(27-29-54)51-20-15-13-16-21-51)88-79(91-77)61-35-41-72-70(46-61)86(11,12)69-43-56(34-40-71(69)93-72)57-30-38-65-73(47-57)94-74-48-62(33-39-66(74)85(65,9)10)80-90-76(58-25-19-24-55(42-58)52-22-17-14-18-23-52)89-78(92-80)60-32-37-64-68(45-60)84(7,8)50-82(64,3)4/h13-48H,49-50H2,1-12H3. The Bertz CT molecular complexity index is 5080. The molecule has 0 atom stereocenters. The molecule has 94 heavy (non-hydrogen) atoms. The first-order valence-corrected chi connectivity index (χ1v) is 33.1. The predicted octanol–water partition coefficient (Wildman–Crippen LogP) is 21.8. The topological polar surface area (TPSA) is 95.8 Å². The fourth-order valence-corrected chi connectivity index (χ4v) is 16.3. The molecule has 4 aliphatic rings. The van der Waals surface area contributed by atoms with Gasteiger partial charge in [-0.05, 0) is 151 Å². The van der Waals surface area contributed by atoms with Crippen molar-refractivity contribution < 1.29 is 9.47 Å². The molecule has 0 fully saturated rings. The highest BCUT2D eigenvalue weighted by molar-refractivity contribution is 5.78. The van der Waals surface area contributed by atoms with Gasteiger partial charge in [-0.2, -0.15) is 0 Å². The molecule has 0 saturated carbocycles. The molecule has 10 aromatic carbocycles. The minimum Gasteiger partial charge on any atom is -0.457 e. The maximum absolute atomic E-state index is 7.10. The van der Waals surface area contributed by atoms with Gasteiger partial charge in [-0.25, -0.2) is 29.9 Å². The molecule has 2 aliphatic heterocycles. The molecule has 8 nitrogen and oxygen atoms in total. The SMILES string of the molecule is CC1(C)CC(C)(C)c2cc(-c3nc(-c4cccc(-c5ccccc5)c4)nc(-c4ccc5c(c4)Oc4cc(-c6ccc7c(c6)C(C)(C)c6cc(-c8nc(-c9ccc(-c%10ccccc%10)cc9)nc(-c9ccc%10c(c9)C(C)(C)CC%10(C)C)n8)ccc6O7)ccc4C5(C)C)n3)ccc21. The normalized spacial score (nSPS) is 16.7. The minimum absolute atomic E-state index is 0.00554. The van der Waals surface area contributed by atoms with E-state index in [0.29, 0.717) is 34.9 Å². The molecule has 8 heteroatoms. The van der Waals surface area contributed by atoms with Gasteiger partial charge >= 0.3 is 0 Å². The Balaban J connectivity index is 0.735. The van der Waals surface area contributed by atoms with Crippen LogP contribution in [0.25, 0.3) is 102 Å². The largest absolute Gasteiger partial charge is 0.457 e. The molecule has 0 amide bonds. The van der Waals surface area contributed by atoms with Crippen LogP contribution in [0.3, 0.4) is 0 Å². The molecule has 0 bridgehead atoms. The van der Waals surface area contributed by atoms with Gasteiger partial charge in [0.05, 0.1) is 0 Å². The van der Waals surface area contributed by atoms with Crippen molar-refractivity contribution >= 4 is 0 Å². The fourth-order valence-electron chi connectivity index (χ4n) is 16.3. The lowest BCUT2D eigenvalue weighted by molar-refractivity contribution is 0.402. The lowest BCUT2D eigenvalue weighted by Crippen LogP contribution is -2.25. The Morgan fingerprint density at radius 3 is 0.989 bits per heavy atom. The first kappa shape index (κ1) is 58.9. The van der Waals surface area contributed by atoms with Gasteiger partial charge in [-0.3, -0.25) is 0 Å². The Hall–Kier alpha value is -10.2. The molecular weight excluding hydrogens is 1150 g/mol. The Labute approximate surface area is 552 Å². The van der Waals surface area contributed by atoms with Crippen molar-refractivity contribution in [1.82, 2.24) is 29.9 Å². The Morgan fingerprint density at radius 2 is 0.489 bits per heavy atom. The van der Waals surface area contributed by atoms with Crippen LogP contribution in [0.5, 0.6) is 23.0 Å². The lowest BCUT2D eigenvalue weighted by Gasteiger charge is -2.36. The first-order valence-electron chi connectivity index (χ1n) is 33.1. The lowest BCUT2D eigenvalue weighted by atomic mass is 9.74. The van der Waals surface area contributed by atoms with Crippen LogP contribution in [0.2, 0.25) is 0 Å². The molecule has 2 aliphatic carbocycles. The quantitative estimate of drug-likeness (QED) is 0.141. The highest BCUT2D eigenvalue weighted by Crippen LogP contribution is 2.55.